The van der Waals surface area contributed by atoms with Crippen molar-refractivity contribution < 1.29 is 22.0 Å². The van der Waals surface area contributed by atoms with E-state index in [1.165, 1.54) is 24.3 Å². The van der Waals surface area contributed by atoms with E-state index >= 15 is 0 Å². The first kappa shape index (κ1) is 36.4. The number of hydrogen-bond acceptors (Lipinski definition) is 8. The van der Waals surface area contributed by atoms with Crippen LogP contribution in [0.5, 0.6) is 0 Å². The Morgan fingerprint density at radius 1 is 0.635 bits per heavy atom. The van der Waals surface area contributed by atoms with Gasteiger partial charge < -0.3 is 29.3 Å². The molecule has 11 heteroatoms. The Morgan fingerprint density at radius 3 is 1.67 bits per heavy atom. The molecule has 0 aliphatic carbocycles. The summed E-state index contributed by atoms with van der Waals surface area (Å²) in [5.74, 6) is -1.25. The molecule has 2 saturated heterocycles. The number of anilines is 2. The van der Waals surface area contributed by atoms with Gasteiger partial charge in [0.1, 0.15) is 40.1 Å². The molecule has 270 valence electrons. The maximum absolute atomic E-state index is 13.7. The van der Waals surface area contributed by atoms with Crippen LogP contribution in [0.15, 0.2) is 103 Å². The largest absolute Gasteiger partial charge is 0.456 e. The molecule has 1 atom stereocenters. The summed E-state index contributed by atoms with van der Waals surface area (Å²) in [6.07, 6.45) is 0. The van der Waals surface area contributed by atoms with Crippen LogP contribution in [0.4, 0.5) is 24.5 Å². The van der Waals surface area contributed by atoms with Crippen molar-refractivity contribution in [3.8, 4) is 22.6 Å². The van der Waals surface area contributed by atoms with Gasteiger partial charge in [0.25, 0.3) is 0 Å². The third-order valence-electron chi connectivity index (χ3n) is 9.11. The van der Waals surface area contributed by atoms with E-state index in [9.17, 15) is 22.8 Å². The second-order valence-corrected chi connectivity index (χ2v) is 13.0. The molecular weight excluding hydrogens is 669 g/mol. The molecule has 52 heavy (non-hydrogen) atoms. The van der Waals surface area contributed by atoms with Crippen LogP contribution in [0.3, 0.4) is 0 Å². The lowest BCUT2D eigenvalue weighted by Crippen LogP contribution is -2.49. The van der Waals surface area contributed by atoms with E-state index in [0.29, 0.717) is 39.3 Å². The van der Waals surface area contributed by atoms with E-state index in [1.807, 2.05) is 43.3 Å². The van der Waals surface area contributed by atoms with Gasteiger partial charge in [-0.1, -0.05) is 7.43 Å². The van der Waals surface area contributed by atoms with E-state index < -0.39 is 11.6 Å². The molecule has 2 aromatic heterocycles. The minimum atomic E-state index is -0.717. The molecule has 0 saturated carbocycles. The van der Waals surface area contributed by atoms with Gasteiger partial charge in [0, 0.05) is 92.6 Å². The van der Waals surface area contributed by atoms with Crippen molar-refractivity contribution in [2.45, 2.75) is 27.3 Å². The fourth-order valence-corrected chi connectivity index (χ4v) is 6.63. The second kappa shape index (κ2) is 15.5. The minimum absolute atomic E-state index is 0. The summed E-state index contributed by atoms with van der Waals surface area (Å²) >= 11 is 0. The van der Waals surface area contributed by atoms with Gasteiger partial charge in [0.2, 0.25) is 0 Å². The molecule has 0 radical (unpaired) electrons. The van der Waals surface area contributed by atoms with E-state index in [2.05, 4.69) is 27.4 Å². The maximum atomic E-state index is 13.7. The van der Waals surface area contributed by atoms with Crippen LogP contribution < -0.4 is 31.3 Å². The van der Waals surface area contributed by atoms with Gasteiger partial charge in [0.05, 0.1) is 10.8 Å². The zero-order valence-electron chi connectivity index (χ0n) is 28.3. The molecule has 2 aliphatic rings. The van der Waals surface area contributed by atoms with Crippen molar-refractivity contribution in [3.05, 3.63) is 128 Å². The Hall–Kier alpha value is -5.39. The van der Waals surface area contributed by atoms with Crippen LogP contribution in [0.1, 0.15) is 19.9 Å². The van der Waals surface area contributed by atoms with Gasteiger partial charge in [-0.3, -0.25) is 9.59 Å². The average Bonchev–Trinajstić information content (AvgIpc) is 3.11. The van der Waals surface area contributed by atoms with Crippen molar-refractivity contribution in [2.24, 2.45) is 0 Å². The molecule has 0 bridgehead atoms. The van der Waals surface area contributed by atoms with Crippen LogP contribution in [0.25, 0.3) is 44.6 Å². The van der Waals surface area contributed by atoms with Crippen LogP contribution in [-0.4, -0.2) is 51.9 Å². The third-order valence-corrected chi connectivity index (χ3v) is 9.11. The first-order chi connectivity index (χ1) is 24.6. The van der Waals surface area contributed by atoms with Crippen molar-refractivity contribution in [1.29, 1.82) is 0 Å². The molecule has 6 aromatic rings. The highest BCUT2D eigenvalue weighted by Crippen LogP contribution is 2.28. The number of halogens is 3. The van der Waals surface area contributed by atoms with Gasteiger partial charge in [-0.05, 0) is 86.1 Å². The Morgan fingerprint density at radius 2 is 1.13 bits per heavy atom. The fourth-order valence-electron chi connectivity index (χ4n) is 6.63. The highest BCUT2D eigenvalue weighted by Gasteiger charge is 2.18. The number of hydrogen-bond donors (Lipinski definition) is 2. The van der Waals surface area contributed by atoms with Crippen LogP contribution in [0.2, 0.25) is 0 Å². The first-order valence-corrected chi connectivity index (χ1v) is 16.9. The summed E-state index contributed by atoms with van der Waals surface area (Å²) in [6.45, 7) is 10.2. The van der Waals surface area contributed by atoms with Crippen molar-refractivity contribution >= 4 is 33.3 Å². The van der Waals surface area contributed by atoms with Crippen LogP contribution >= 0.6 is 0 Å². The number of nitrogens with one attached hydrogen (secondary N) is 2. The summed E-state index contributed by atoms with van der Waals surface area (Å²) in [5.41, 5.74) is 4.09. The molecule has 8 nitrogen and oxygen atoms in total. The number of aryl methyl sites for hydroxylation is 1. The molecule has 2 aliphatic heterocycles. The molecule has 2 fully saturated rings. The monoisotopic (exact) mass is 710 g/mol. The molecule has 2 N–H and O–H groups in total. The SMILES string of the molecule is C.C[C@H]1CN(c2ccc3oc(-c4cc(F)cc(F)c4)cc(=O)c3c2)CCN1.Cc1cc(F)cc(-c2cc(=O)c3cc(N4CCNCC4)ccc3o2)c1. The third kappa shape index (κ3) is 8.06. The van der Waals surface area contributed by atoms with Crippen LogP contribution in [0, 0.1) is 24.4 Å². The zero-order chi connectivity index (χ0) is 35.6. The van der Waals surface area contributed by atoms with Gasteiger partial charge in [0.15, 0.2) is 10.9 Å². The van der Waals surface area contributed by atoms with Gasteiger partial charge in [-0.2, -0.15) is 0 Å². The van der Waals surface area contributed by atoms with Crippen molar-refractivity contribution in [2.75, 3.05) is 55.6 Å². The molecule has 0 unspecified atom stereocenters. The Labute approximate surface area is 299 Å². The summed E-state index contributed by atoms with van der Waals surface area (Å²) in [7, 11) is 0. The van der Waals surface area contributed by atoms with Crippen molar-refractivity contribution in [3.63, 3.8) is 0 Å². The number of rotatable bonds is 4. The first-order valence-electron chi connectivity index (χ1n) is 16.9. The number of fused-ring (bicyclic) bond motifs is 2. The van der Waals surface area contributed by atoms with E-state index in [0.717, 1.165) is 81.0 Å². The Balaban J connectivity index is 0.000000175. The maximum Gasteiger partial charge on any atom is 0.193 e. The minimum Gasteiger partial charge on any atom is -0.456 e. The topological polar surface area (TPSA) is 91.0 Å². The van der Waals surface area contributed by atoms with E-state index in [1.54, 1.807) is 6.07 Å². The van der Waals surface area contributed by atoms with Crippen LogP contribution in [-0.2, 0) is 0 Å². The number of piperazine rings is 2. The fraction of sp³-hybridized carbons (Fsp3) is 0.268. The Bertz CT molecular complexity index is 2310. The number of benzene rings is 4. The Kier molecular flexibility index (Phi) is 10.8. The highest BCUT2D eigenvalue weighted by atomic mass is 19.1. The predicted octanol–water partition coefficient (Wildman–Crippen LogP) is 7.49. The lowest BCUT2D eigenvalue weighted by molar-refractivity contribution is 0.485. The molecule has 4 aromatic carbocycles. The lowest BCUT2D eigenvalue weighted by Gasteiger charge is -2.33. The molecular formula is C41H41F3N4O4. The highest BCUT2D eigenvalue weighted by molar-refractivity contribution is 5.83. The average molecular weight is 711 g/mol. The quantitative estimate of drug-likeness (QED) is 0.195. The molecule has 0 spiro atoms. The molecule has 8 rings (SSSR count). The lowest BCUT2D eigenvalue weighted by atomic mass is 10.1. The van der Waals surface area contributed by atoms with E-state index in [-0.39, 0.29) is 35.4 Å². The zero-order valence-corrected chi connectivity index (χ0v) is 28.3. The standard InChI is InChI=1S/C20H18F2N2O2.C20H19FN2O2.CH4/c1-12-11-24(5-4-23-12)16-2-3-19-17(9-16)18(25)10-20(26-19)13-6-14(21)8-15(22)7-13;1-13-8-14(10-15(21)9-13)20-12-18(24)17-11-16(2-3-19(17)25-20)23-6-4-22-5-7-23;/h2-3,6-10,12,23H,4-5,11H2,1H3;2-3,8-12,22H,4-7H2,1H3;1H4/t12-;;/m0../s1. The van der Waals surface area contributed by atoms with Gasteiger partial charge in [-0.15, -0.1) is 0 Å². The second-order valence-electron chi connectivity index (χ2n) is 13.0. The molecule has 0 amide bonds. The van der Waals surface area contributed by atoms with Crippen molar-refractivity contribution in [1.82, 2.24) is 10.6 Å². The summed E-state index contributed by atoms with van der Waals surface area (Å²) < 4.78 is 52.2. The summed E-state index contributed by atoms with van der Waals surface area (Å²) in [6, 6.07) is 21.9. The predicted molar refractivity (Wildman–Crippen MR) is 202 cm³/mol. The number of nitrogens with zero attached hydrogens (tertiary/aromatic N) is 2. The van der Waals surface area contributed by atoms with E-state index in [4.69, 9.17) is 8.83 Å². The summed E-state index contributed by atoms with van der Waals surface area (Å²) in [5, 5.41) is 7.70. The smallest absolute Gasteiger partial charge is 0.193 e. The summed E-state index contributed by atoms with van der Waals surface area (Å²) in [4.78, 5) is 29.6. The van der Waals surface area contributed by atoms with Gasteiger partial charge >= 0.3 is 0 Å². The molecule has 4 heterocycles. The van der Waals surface area contributed by atoms with Gasteiger partial charge in [-0.25, -0.2) is 13.2 Å². The normalized spacial score (nSPS) is 16.0.